The molecule has 1 aliphatic carbocycles. The van der Waals surface area contributed by atoms with E-state index in [9.17, 15) is 14.4 Å². The molecular formula is C25H24BrN3O5. The molecule has 2 aliphatic rings. The highest BCUT2D eigenvalue weighted by molar-refractivity contribution is 9.10. The Kier molecular flexibility index (Phi) is 7.12. The molecule has 0 saturated heterocycles. The number of carbonyl (C=O) groups excluding carboxylic acids is 3. The lowest BCUT2D eigenvalue weighted by molar-refractivity contribution is -0.120. The van der Waals surface area contributed by atoms with E-state index in [2.05, 4.69) is 26.4 Å². The van der Waals surface area contributed by atoms with Crippen LogP contribution in [0.3, 0.4) is 0 Å². The van der Waals surface area contributed by atoms with Gasteiger partial charge in [0, 0.05) is 22.9 Å². The van der Waals surface area contributed by atoms with Crippen molar-refractivity contribution in [2.75, 3.05) is 10.2 Å². The van der Waals surface area contributed by atoms with E-state index in [0.717, 1.165) is 12.8 Å². The number of hydrogen-bond donors (Lipinski definition) is 1. The lowest BCUT2D eigenvalue weighted by atomic mass is 9.93. The molecule has 2 aromatic rings. The summed E-state index contributed by atoms with van der Waals surface area (Å²) in [7, 11) is 0. The van der Waals surface area contributed by atoms with Gasteiger partial charge in [-0.15, -0.1) is 0 Å². The maximum absolute atomic E-state index is 12.9. The number of para-hydroxylation sites is 1. The van der Waals surface area contributed by atoms with E-state index in [0.29, 0.717) is 51.3 Å². The zero-order valence-electron chi connectivity index (χ0n) is 18.8. The molecular weight excluding hydrogens is 502 g/mol. The van der Waals surface area contributed by atoms with Crippen LogP contribution in [0.15, 0.2) is 69.3 Å². The number of ether oxygens (including phenoxy) is 1. The molecule has 0 radical (unpaired) electrons. The summed E-state index contributed by atoms with van der Waals surface area (Å²) in [6, 6.07) is 14.0. The van der Waals surface area contributed by atoms with Gasteiger partial charge in [-0.25, -0.2) is 9.69 Å². The zero-order valence-corrected chi connectivity index (χ0v) is 20.4. The Morgan fingerprint density at radius 1 is 1.06 bits per heavy atom. The van der Waals surface area contributed by atoms with Gasteiger partial charge in [0.05, 0.1) is 15.9 Å². The number of benzene rings is 2. The number of rotatable bonds is 6. The van der Waals surface area contributed by atoms with Gasteiger partial charge in [-0.3, -0.25) is 19.7 Å². The van der Waals surface area contributed by atoms with Crippen molar-refractivity contribution in [2.45, 2.75) is 45.6 Å². The van der Waals surface area contributed by atoms with Crippen LogP contribution in [0.4, 0.5) is 16.2 Å². The molecule has 2 aromatic carbocycles. The van der Waals surface area contributed by atoms with E-state index < -0.39 is 12.2 Å². The lowest BCUT2D eigenvalue weighted by Crippen LogP contribution is -2.31. The van der Waals surface area contributed by atoms with Crippen LogP contribution in [0.25, 0.3) is 0 Å². The molecule has 1 N–H and O–H groups in total. The minimum absolute atomic E-state index is 0.253. The van der Waals surface area contributed by atoms with Crippen molar-refractivity contribution < 1.29 is 24.0 Å². The average Bonchev–Trinajstić information content (AvgIpc) is 3.09. The van der Waals surface area contributed by atoms with Crippen LogP contribution in [-0.2, 0) is 14.4 Å². The van der Waals surface area contributed by atoms with E-state index in [4.69, 9.17) is 9.57 Å². The Labute approximate surface area is 205 Å². The van der Waals surface area contributed by atoms with Crippen molar-refractivity contribution in [3.8, 4) is 5.75 Å². The number of carbonyl (C=O) groups is 3. The molecule has 1 atom stereocenters. The summed E-state index contributed by atoms with van der Waals surface area (Å²) in [4.78, 5) is 43.9. The van der Waals surface area contributed by atoms with Crippen LogP contribution >= 0.6 is 15.9 Å². The molecule has 9 heteroatoms. The SMILES string of the molecule is CC(=NOC(=O)Nc1ccccc1)C(C)Oc1cc(N2C(=O)C3=C(CCCC3)C2=O)ccc1Br. The second kappa shape index (κ2) is 10.2. The first-order valence-electron chi connectivity index (χ1n) is 11.0. The molecule has 0 fully saturated rings. The van der Waals surface area contributed by atoms with Gasteiger partial charge >= 0.3 is 6.09 Å². The van der Waals surface area contributed by atoms with E-state index in [1.807, 2.05) is 6.07 Å². The number of amides is 3. The number of imide groups is 1. The van der Waals surface area contributed by atoms with Gasteiger partial charge in [0.25, 0.3) is 11.8 Å². The maximum Gasteiger partial charge on any atom is 0.437 e. The first-order chi connectivity index (χ1) is 16.3. The van der Waals surface area contributed by atoms with Crippen LogP contribution in [0, 0.1) is 0 Å². The topological polar surface area (TPSA) is 97.3 Å². The standard InChI is InChI=1S/C25H24BrN3O5/c1-15(28-34-25(32)27-17-8-4-3-5-9-17)16(2)33-22-14-18(12-13-21(22)26)29-23(30)19-10-6-7-11-20(19)24(29)31/h3-5,8-9,12-14,16H,6-7,10-11H2,1-2H3,(H,27,32). The monoisotopic (exact) mass is 525 g/mol. The average molecular weight is 526 g/mol. The summed E-state index contributed by atoms with van der Waals surface area (Å²) in [5.74, 6) is -0.0769. The van der Waals surface area contributed by atoms with Crippen molar-refractivity contribution in [3.63, 3.8) is 0 Å². The van der Waals surface area contributed by atoms with Gasteiger partial charge in [0.1, 0.15) is 11.9 Å². The number of anilines is 2. The van der Waals surface area contributed by atoms with E-state index in [1.54, 1.807) is 56.3 Å². The minimum Gasteiger partial charge on any atom is -0.483 e. The molecule has 1 aliphatic heterocycles. The van der Waals surface area contributed by atoms with E-state index >= 15 is 0 Å². The molecule has 34 heavy (non-hydrogen) atoms. The molecule has 1 heterocycles. The predicted molar refractivity (Wildman–Crippen MR) is 132 cm³/mol. The van der Waals surface area contributed by atoms with Crippen LogP contribution in [-0.4, -0.2) is 29.7 Å². The fourth-order valence-corrected chi connectivity index (χ4v) is 4.16. The van der Waals surface area contributed by atoms with E-state index in [1.165, 1.54) is 4.90 Å². The van der Waals surface area contributed by atoms with Gasteiger partial charge in [0.15, 0.2) is 0 Å². The second-order valence-corrected chi connectivity index (χ2v) is 8.94. The molecule has 176 valence electrons. The third kappa shape index (κ3) is 5.04. The van der Waals surface area contributed by atoms with Gasteiger partial charge in [-0.1, -0.05) is 23.4 Å². The summed E-state index contributed by atoms with van der Waals surface area (Å²) in [5, 5.41) is 6.43. The summed E-state index contributed by atoms with van der Waals surface area (Å²) < 4.78 is 6.64. The number of halogens is 1. The Morgan fingerprint density at radius 2 is 1.71 bits per heavy atom. The van der Waals surface area contributed by atoms with Crippen molar-refractivity contribution in [1.82, 2.24) is 0 Å². The van der Waals surface area contributed by atoms with Crippen molar-refractivity contribution in [2.24, 2.45) is 5.16 Å². The molecule has 0 spiro atoms. The van der Waals surface area contributed by atoms with Gasteiger partial charge in [-0.05, 0) is 79.7 Å². The Balaban J connectivity index is 1.43. The van der Waals surface area contributed by atoms with Crippen molar-refractivity contribution in [1.29, 1.82) is 0 Å². The minimum atomic E-state index is -0.719. The first-order valence-corrected chi connectivity index (χ1v) is 11.8. The first kappa shape index (κ1) is 23.7. The molecule has 3 amide bonds. The molecule has 0 saturated carbocycles. The smallest absolute Gasteiger partial charge is 0.437 e. The Hall–Kier alpha value is -3.46. The molecule has 1 unspecified atom stereocenters. The van der Waals surface area contributed by atoms with Gasteiger partial charge in [-0.2, -0.15) is 0 Å². The quantitative estimate of drug-likeness (QED) is 0.229. The lowest BCUT2D eigenvalue weighted by Gasteiger charge is -2.19. The zero-order chi connectivity index (χ0) is 24.2. The number of nitrogens with zero attached hydrogens (tertiary/aromatic N) is 2. The van der Waals surface area contributed by atoms with E-state index in [-0.39, 0.29) is 11.8 Å². The summed E-state index contributed by atoms with van der Waals surface area (Å²) in [6.07, 6.45) is 1.85. The third-order valence-corrected chi connectivity index (χ3v) is 6.40. The highest BCUT2D eigenvalue weighted by atomic mass is 79.9. The fraction of sp³-hybridized carbons (Fsp3) is 0.280. The fourth-order valence-electron chi connectivity index (χ4n) is 3.82. The summed E-state index contributed by atoms with van der Waals surface area (Å²) in [5.41, 5.74) is 2.72. The molecule has 4 rings (SSSR count). The Morgan fingerprint density at radius 3 is 2.35 bits per heavy atom. The van der Waals surface area contributed by atoms with Crippen LogP contribution in [0.2, 0.25) is 0 Å². The van der Waals surface area contributed by atoms with Crippen LogP contribution in [0.1, 0.15) is 39.5 Å². The normalized spacial score (nSPS) is 16.9. The van der Waals surface area contributed by atoms with Crippen molar-refractivity contribution >= 4 is 50.9 Å². The van der Waals surface area contributed by atoms with Gasteiger partial charge in [0.2, 0.25) is 0 Å². The second-order valence-electron chi connectivity index (χ2n) is 8.09. The molecule has 0 bridgehead atoms. The maximum atomic E-state index is 12.9. The van der Waals surface area contributed by atoms with Crippen LogP contribution in [0.5, 0.6) is 5.75 Å². The summed E-state index contributed by atoms with van der Waals surface area (Å²) >= 11 is 3.45. The summed E-state index contributed by atoms with van der Waals surface area (Å²) in [6.45, 7) is 3.42. The third-order valence-electron chi connectivity index (χ3n) is 5.75. The van der Waals surface area contributed by atoms with Crippen LogP contribution < -0.4 is 15.0 Å². The van der Waals surface area contributed by atoms with Gasteiger partial charge < -0.3 is 4.74 Å². The molecule has 8 nitrogen and oxygen atoms in total. The molecule has 0 aromatic heterocycles. The highest BCUT2D eigenvalue weighted by Gasteiger charge is 2.39. The predicted octanol–water partition coefficient (Wildman–Crippen LogP) is 5.58. The van der Waals surface area contributed by atoms with Crippen molar-refractivity contribution in [3.05, 3.63) is 64.1 Å². The Bertz CT molecular complexity index is 1160. The largest absolute Gasteiger partial charge is 0.483 e. The number of oxime groups is 1. The highest BCUT2D eigenvalue weighted by Crippen LogP contribution is 2.38. The number of nitrogens with one attached hydrogen (secondary N) is 1. The number of hydrogen-bond acceptors (Lipinski definition) is 6.